The van der Waals surface area contributed by atoms with Crippen LogP contribution in [-0.4, -0.2) is 35.7 Å². The van der Waals surface area contributed by atoms with Gasteiger partial charge in [-0.1, -0.05) is 15.9 Å². The Morgan fingerprint density at radius 2 is 2.04 bits per heavy atom. The zero-order valence-electron chi connectivity index (χ0n) is 15.5. The third-order valence-electron chi connectivity index (χ3n) is 4.47. The number of aromatic nitrogens is 2. The van der Waals surface area contributed by atoms with Gasteiger partial charge in [0, 0.05) is 36.4 Å². The second kappa shape index (κ2) is 8.67. The van der Waals surface area contributed by atoms with Gasteiger partial charge in [-0.05, 0) is 43.5 Å². The van der Waals surface area contributed by atoms with E-state index in [0.29, 0.717) is 17.3 Å². The fourth-order valence-corrected chi connectivity index (χ4v) is 3.38. The Bertz CT molecular complexity index is 891. The molecule has 3 rings (SSSR count). The largest absolute Gasteiger partial charge is 0.378 e. The first-order valence-electron chi connectivity index (χ1n) is 8.88. The van der Waals surface area contributed by atoms with Crippen molar-refractivity contribution in [3.05, 3.63) is 50.3 Å². The van der Waals surface area contributed by atoms with Gasteiger partial charge in [-0.25, -0.2) is 4.98 Å². The maximum Gasteiger partial charge on any atom is 0.255 e. The van der Waals surface area contributed by atoms with E-state index in [1.807, 2.05) is 25.1 Å². The van der Waals surface area contributed by atoms with Gasteiger partial charge in [0.15, 0.2) is 0 Å². The molecule has 1 aliphatic heterocycles. The number of nitrogens with zero attached hydrogens (tertiary/aromatic N) is 3. The summed E-state index contributed by atoms with van der Waals surface area (Å²) in [5.74, 6) is 0.273. The van der Waals surface area contributed by atoms with Crippen molar-refractivity contribution in [2.75, 3.05) is 30.4 Å². The fourth-order valence-electron chi connectivity index (χ4n) is 3.14. The van der Waals surface area contributed by atoms with E-state index in [0.717, 1.165) is 36.0 Å². The summed E-state index contributed by atoms with van der Waals surface area (Å²) < 4.78 is 7.52. The molecule has 1 aliphatic rings. The standard InChI is InChI=1S/C19H23BrN4O3/c1-13-9-14(5-6-16(13)20)21-17(25)11-24-18(26)10-15(12-27-2)22-19(24)23-7-3-4-8-23/h5-6,9-10H,3-4,7-8,11-12H2,1-2H3,(H,21,25). The van der Waals surface area contributed by atoms with Crippen LogP contribution in [0.15, 0.2) is 33.5 Å². The van der Waals surface area contributed by atoms with Crippen LogP contribution in [0.25, 0.3) is 0 Å². The molecule has 0 unspecified atom stereocenters. The topological polar surface area (TPSA) is 76.5 Å². The predicted molar refractivity (Wildman–Crippen MR) is 108 cm³/mol. The van der Waals surface area contributed by atoms with Gasteiger partial charge in [-0.15, -0.1) is 0 Å². The molecular weight excluding hydrogens is 412 g/mol. The summed E-state index contributed by atoms with van der Waals surface area (Å²) in [5.41, 5.74) is 2.04. The van der Waals surface area contributed by atoms with Crippen LogP contribution in [0.1, 0.15) is 24.1 Å². The SMILES string of the molecule is COCc1cc(=O)n(CC(=O)Nc2ccc(Br)c(C)c2)c(N2CCCC2)n1. The maximum atomic E-state index is 12.6. The number of carbonyl (C=O) groups is 1. The molecule has 0 radical (unpaired) electrons. The number of hydrogen-bond donors (Lipinski definition) is 1. The lowest BCUT2D eigenvalue weighted by Gasteiger charge is -2.21. The van der Waals surface area contributed by atoms with Crippen LogP contribution in [-0.2, 0) is 22.7 Å². The molecule has 1 aromatic carbocycles. The zero-order chi connectivity index (χ0) is 19.4. The van der Waals surface area contributed by atoms with E-state index in [2.05, 4.69) is 31.1 Å². The van der Waals surface area contributed by atoms with Gasteiger partial charge >= 0.3 is 0 Å². The summed E-state index contributed by atoms with van der Waals surface area (Å²) in [4.78, 5) is 31.8. The number of carbonyl (C=O) groups excluding carboxylic acids is 1. The highest BCUT2D eigenvalue weighted by molar-refractivity contribution is 9.10. The van der Waals surface area contributed by atoms with E-state index >= 15 is 0 Å². The van der Waals surface area contributed by atoms with Crippen molar-refractivity contribution in [1.29, 1.82) is 0 Å². The van der Waals surface area contributed by atoms with Crippen molar-refractivity contribution >= 4 is 33.5 Å². The zero-order valence-corrected chi connectivity index (χ0v) is 17.1. The summed E-state index contributed by atoms with van der Waals surface area (Å²) in [6.45, 7) is 3.79. The molecule has 1 N–H and O–H groups in total. The minimum atomic E-state index is -0.263. The molecule has 2 aromatic rings. The number of methoxy groups -OCH3 is 1. The minimum Gasteiger partial charge on any atom is -0.378 e. The van der Waals surface area contributed by atoms with Crippen LogP contribution in [0.4, 0.5) is 11.6 Å². The van der Waals surface area contributed by atoms with E-state index in [4.69, 9.17) is 4.74 Å². The number of nitrogens with one attached hydrogen (secondary N) is 1. The molecule has 1 saturated heterocycles. The third-order valence-corrected chi connectivity index (χ3v) is 5.36. The number of hydrogen-bond acceptors (Lipinski definition) is 5. The van der Waals surface area contributed by atoms with Crippen molar-refractivity contribution in [2.45, 2.75) is 32.9 Å². The first-order valence-corrected chi connectivity index (χ1v) is 9.68. The number of anilines is 2. The van der Waals surface area contributed by atoms with Crippen molar-refractivity contribution in [1.82, 2.24) is 9.55 Å². The van der Waals surface area contributed by atoms with Crippen molar-refractivity contribution in [3.63, 3.8) is 0 Å². The summed E-state index contributed by atoms with van der Waals surface area (Å²) in [6, 6.07) is 7.01. The molecule has 7 nitrogen and oxygen atoms in total. The fraction of sp³-hybridized carbons (Fsp3) is 0.421. The highest BCUT2D eigenvalue weighted by Gasteiger charge is 2.20. The minimum absolute atomic E-state index is 0.0833. The van der Waals surface area contributed by atoms with E-state index in [1.165, 1.54) is 10.6 Å². The third kappa shape index (κ3) is 4.75. The van der Waals surface area contributed by atoms with Gasteiger partial charge in [-0.3, -0.25) is 14.2 Å². The van der Waals surface area contributed by atoms with Crippen LogP contribution >= 0.6 is 15.9 Å². The summed E-state index contributed by atoms with van der Waals surface area (Å²) >= 11 is 3.44. The number of benzene rings is 1. The Morgan fingerprint density at radius 1 is 1.30 bits per heavy atom. The normalized spacial score (nSPS) is 13.8. The lowest BCUT2D eigenvalue weighted by molar-refractivity contribution is -0.116. The molecule has 1 aromatic heterocycles. The first-order chi connectivity index (χ1) is 13.0. The van der Waals surface area contributed by atoms with Gasteiger partial charge < -0.3 is 15.0 Å². The lowest BCUT2D eigenvalue weighted by atomic mass is 10.2. The van der Waals surface area contributed by atoms with E-state index in [9.17, 15) is 9.59 Å². The van der Waals surface area contributed by atoms with Gasteiger partial charge in [0.05, 0.1) is 12.3 Å². The van der Waals surface area contributed by atoms with E-state index in [-0.39, 0.29) is 24.6 Å². The molecule has 1 amide bonds. The van der Waals surface area contributed by atoms with E-state index < -0.39 is 0 Å². The molecule has 8 heteroatoms. The highest BCUT2D eigenvalue weighted by Crippen LogP contribution is 2.21. The Morgan fingerprint density at radius 3 is 2.70 bits per heavy atom. The molecule has 0 aliphatic carbocycles. The molecular formula is C19H23BrN4O3. The molecule has 0 bridgehead atoms. The highest BCUT2D eigenvalue weighted by atomic mass is 79.9. The number of ether oxygens (including phenoxy) is 1. The monoisotopic (exact) mass is 434 g/mol. The number of aryl methyl sites for hydroxylation is 1. The van der Waals surface area contributed by atoms with Gasteiger partial charge in [0.2, 0.25) is 11.9 Å². The van der Waals surface area contributed by atoms with Gasteiger partial charge in [-0.2, -0.15) is 0 Å². The van der Waals surface area contributed by atoms with Crippen LogP contribution in [0, 0.1) is 6.92 Å². The molecule has 1 fully saturated rings. The second-order valence-electron chi connectivity index (χ2n) is 6.61. The Kier molecular flexibility index (Phi) is 6.28. The molecule has 0 atom stereocenters. The van der Waals surface area contributed by atoms with Crippen molar-refractivity contribution in [3.8, 4) is 0 Å². The number of halogens is 1. The molecule has 144 valence electrons. The lowest BCUT2D eigenvalue weighted by Crippen LogP contribution is -2.35. The Hall–Kier alpha value is -2.19. The molecule has 0 saturated carbocycles. The quantitative estimate of drug-likeness (QED) is 0.755. The second-order valence-corrected chi connectivity index (χ2v) is 7.47. The van der Waals surface area contributed by atoms with Crippen molar-refractivity contribution in [2.24, 2.45) is 0 Å². The number of rotatable bonds is 6. The van der Waals surface area contributed by atoms with Crippen LogP contribution in [0.5, 0.6) is 0 Å². The maximum absolute atomic E-state index is 12.6. The molecule has 2 heterocycles. The Labute approximate surface area is 166 Å². The summed E-state index contributed by atoms with van der Waals surface area (Å²) in [6.07, 6.45) is 2.10. The van der Waals surface area contributed by atoms with Gasteiger partial charge in [0.1, 0.15) is 6.54 Å². The van der Waals surface area contributed by atoms with Crippen LogP contribution < -0.4 is 15.8 Å². The summed E-state index contributed by atoms with van der Waals surface area (Å²) in [5, 5.41) is 2.85. The molecule has 27 heavy (non-hydrogen) atoms. The van der Waals surface area contributed by atoms with Crippen LogP contribution in [0.2, 0.25) is 0 Å². The predicted octanol–water partition coefficient (Wildman–Crippen LogP) is 2.70. The smallest absolute Gasteiger partial charge is 0.255 e. The number of amides is 1. The van der Waals surface area contributed by atoms with E-state index in [1.54, 1.807) is 7.11 Å². The van der Waals surface area contributed by atoms with Crippen molar-refractivity contribution < 1.29 is 9.53 Å². The average Bonchev–Trinajstić information content (AvgIpc) is 3.15. The molecule has 0 spiro atoms. The van der Waals surface area contributed by atoms with Crippen LogP contribution in [0.3, 0.4) is 0 Å². The van der Waals surface area contributed by atoms with Gasteiger partial charge in [0.25, 0.3) is 5.56 Å². The first kappa shape index (κ1) is 19.6. The summed E-state index contributed by atoms with van der Waals surface area (Å²) in [7, 11) is 1.57. The Balaban J connectivity index is 1.84. The average molecular weight is 435 g/mol.